The largest absolute Gasteiger partial charge is 0.350 e. The van der Waals surface area contributed by atoms with Gasteiger partial charge in [0.1, 0.15) is 12.6 Å². The molecule has 2 amide bonds. The molecule has 0 aliphatic rings. The predicted molar refractivity (Wildman–Crippen MR) is 162 cm³/mol. The number of aryl methyl sites for hydroxylation is 1. The smallest absolute Gasteiger partial charge is 0.244 e. The number of nitrogens with zero attached hydrogens (tertiary/aromatic N) is 2. The first kappa shape index (κ1) is 31.5. The predicted octanol–water partition coefficient (Wildman–Crippen LogP) is 5.62. The number of rotatable bonds is 10. The fourth-order valence-corrected chi connectivity index (χ4v) is 5.60. The van der Waals surface area contributed by atoms with Gasteiger partial charge in [0.2, 0.25) is 21.8 Å². The summed E-state index contributed by atoms with van der Waals surface area (Å²) in [5.74, 6) is -0.894. The zero-order valence-corrected chi connectivity index (χ0v) is 25.6. The average Bonchev–Trinajstić information content (AvgIpc) is 2.85. The molecule has 0 saturated carbocycles. The normalized spacial score (nSPS) is 12.5. The lowest BCUT2D eigenvalue weighted by Gasteiger charge is -2.35. The molecule has 3 rings (SSSR count). The highest BCUT2D eigenvalue weighted by Crippen LogP contribution is 2.30. The molecular formula is C30H35Cl2N3O4S. The van der Waals surface area contributed by atoms with Gasteiger partial charge in [0.15, 0.2) is 0 Å². The van der Waals surface area contributed by atoms with E-state index in [4.69, 9.17) is 23.2 Å². The SMILES string of the molecule is Cc1ccc(CN(C(=O)CN(c2ccc(Cl)cc2Cl)S(C)(=O)=O)C(Cc2ccccc2)C(=O)NC(C)(C)C)cc1. The van der Waals surface area contributed by atoms with E-state index < -0.39 is 34.1 Å². The van der Waals surface area contributed by atoms with E-state index in [0.29, 0.717) is 5.02 Å². The fourth-order valence-electron chi connectivity index (χ4n) is 4.18. The molecule has 10 heteroatoms. The topological polar surface area (TPSA) is 86.8 Å². The Kier molecular flexibility index (Phi) is 10.3. The molecule has 0 heterocycles. The Bertz CT molecular complexity index is 1440. The lowest BCUT2D eigenvalue weighted by atomic mass is 10.0. The Hall–Kier alpha value is -3.07. The Balaban J connectivity index is 2.09. The zero-order chi connectivity index (χ0) is 29.7. The third kappa shape index (κ3) is 8.98. The molecule has 0 aliphatic carbocycles. The number of hydrogen-bond acceptors (Lipinski definition) is 4. The number of carbonyl (C=O) groups is 2. The van der Waals surface area contributed by atoms with Crippen LogP contribution in [0.2, 0.25) is 10.0 Å². The first-order valence-corrected chi connectivity index (χ1v) is 15.4. The van der Waals surface area contributed by atoms with Crippen molar-refractivity contribution in [2.24, 2.45) is 0 Å². The monoisotopic (exact) mass is 603 g/mol. The number of anilines is 1. The molecular weight excluding hydrogens is 569 g/mol. The summed E-state index contributed by atoms with van der Waals surface area (Å²) in [6, 6.07) is 20.5. The average molecular weight is 605 g/mol. The number of sulfonamides is 1. The van der Waals surface area contributed by atoms with Crippen molar-refractivity contribution in [3.63, 3.8) is 0 Å². The van der Waals surface area contributed by atoms with Crippen molar-refractivity contribution < 1.29 is 18.0 Å². The minimum Gasteiger partial charge on any atom is -0.350 e. The van der Waals surface area contributed by atoms with Crippen molar-refractivity contribution >= 4 is 50.7 Å². The standard InChI is InChI=1S/C30H35Cl2N3O4S/c1-21-11-13-23(14-12-21)19-34(27(29(37)33-30(2,3)4)17-22-9-7-6-8-10-22)28(36)20-35(40(5,38)39)26-16-15-24(31)18-25(26)32/h6-16,18,27H,17,19-20H2,1-5H3,(H,33,37). The van der Waals surface area contributed by atoms with Crippen LogP contribution in [0.25, 0.3) is 0 Å². The van der Waals surface area contributed by atoms with Gasteiger partial charge in [-0.15, -0.1) is 0 Å². The van der Waals surface area contributed by atoms with Gasteiger partial charge in [0, 0.05) is 23.5 Å². The van der Waals surface area contributed by atoms with Gasteiger partial charge in [0.05, 0.1) is 17.0 Å². The molecule has 3 aromatic carbocycles. The van der Waals surface area contributed by atoms with Crippen LogP contribution in [-0.2, 0) is 32.6 Å². The molecule has 0 spiro atoms. The lowest BCUT2D eigenvalue weighted by molar-refractivity contribution is -0.140. The number of benzene rings is 3. The molecule has 0 bridgehead atoms. The van der Waals surface area contributed by atoms with Crippen LogP contribution >= 0.6 is 23.2 Å². The minimum absolute atomic E-state index is 0.0853. The van der Waals surface area contributed by atoms with Gasteiger partial charge < -0.3 is 10.2 Å². The van der Waals surface area contributed by atoms with E-state index in [1.165, 1.54) is 23.1 Å². The minimum atomic E-state index is -3.94. The van der Waals surface area contributed by atoms with Crippen LogP contribution in [0.1, 0.15) is 37.5 Å². The maximum atomic E-state index is 14.1. The summed E-state index contributed by atoms with van der Waals surface area (Å²) in [7, 11) is -3.94. The van der Waals surface area contributed by atoms with Gasteiger partial charge in [0.25, 0.3) is 0 Å². The summed E-state index contributed by atoms with van der Waals surface area (Å²) in [5.41, 5.74) is 2.28. The highest BCUT2D eigenvalue weighted by Gasteiger charge is 2.34. The van der Waals surface area contributed by atoms with Gasteiger partial charge in [-0.25, -0.2) is 8.42 Å². The maximum absolute atomic E-state index is 14.1. The maximum Gasteiger partial charge on any atom is 0.244 e. The molecule has 1 unspecified atom stereocenters. The molecule has 214 valence electrons. The van der Waals surface area contributed by atoms with Crippen LogP contribution in [0.3, 0.4) is 0 Å². The lowest BCUT2D eigenvalue weighted by Crippen LogP contribution is -2.56. The van der Waals surface area contributed by atoms with Gasteiger partial charge in [-0.3, -0.25) is 13.9 Å². The van der Waals surface area contributed by atoms with Crippen LogP contribution in [0.4, 0.5) is 5.69 Å². The molecule has 0 fully saturated rings. The van der Waals surface area contributed by atoms with Crippen LogP contribution < -0.4 is 9.62 Å². The molecule has 1 atom stereocenters. The number of nitrogens with one attached hydrogen (secondary N) is 1. The van der Waals surface area contributed by atoms with Crippen molar-refractivity contribution in [3.8, 4) is 0 Å². The fraction of sp³-hybridized carbons (Fsp3) is 0.333. The second-order valence-corrected chi connectivity index (χ2v) is 13.6. The van der Waals surface area contributed by atoms with E-state index in [2.05, 4.69) is 5.32 Å². The van der Waals surface area contributed by atoms with E-state index in [0.717, 1.165) is 27.3 Å². The summed E-state index contributed by atoms with van der Waals surface area (Å²) in [6.45, 7) is 7.10. The van der Waals surface area contributed by atoms with Crippen LogP contribution in [0.5, 0.6) is 0 Å². The van der Waals surface area contributed by atoms with Crippen molar-refractivity contribution in [3.05, 3.63) is 99.5 Å². The first-order valence-electron chi connectivity index (χ1n) is 12.8. The zero-order valence-electron chi connectivity index (χ0n) is 23.3. The van der Waals surface area contributed by atoms with E-state index in [1.807, 2.05) is 82.3 Å². The third-order valence-electron chi connectivity index (χ3n) is 6.10. The molecule has 0 aliphatic heterocycles. The summed E-state index contributed by atoms with van der Waals surface area (Å²) >= 11 is 12.4. The summed E-state index contributed by atoms with van der Waals surface area (Å²) in [5, 5.41) is 3.42. The summed E-state index contributed by atoms with van der Waals surface area (Å²) < 4.78 is 26.7. The van der Waals surface area contributed by atoms with E-state index >= 15 is 0 Å². The molecule has 7 nitrogen and oxygen atoms in total. The van der Waals surface area contributed by atoms with Crippen molar-refractivity contribution in [1.29, 1.82) is 0 Å². The summed E-state index contributed by atoms with van der Waals surface area (Å²) in [4.78, 5) is 29.3. The molecule has 0 saturated heterocycles. The van der Waals surface area contributed by atoms with Crippen LogP contribution in [0.15, 0.2) is 72.8 Å². The molecule has 3 aromatic rings. The summed E-state index contributed by atoms with van der Waals surface area (Å²) in [6.07, 6.45) is 1.24. The van der Waals surface area contributed by atoms with Crippen molar-refractivity contribution in [2.45, 2.75) is 52.2 Å². The van der Waals surface area contributed by atoms with E-state index in [-0.39, 0.29) is 29.6 Å². The number of halogens is 2. The Morgan fingerprint density at radius 3 is 2.10 bits per heavy atom. The first-order chi connectivity index (χ1) is 18.6. The Morgan fingerprint density at radius 1 is 0.925 bits per heavy atom. The van der Waals surface area contributed by atoms with Gasteiger partial charge in [-0.1, -0.05) is 83.4 Å². The highest BCUT2D eigenvalue weighted by atomic mass is 35.5. The highest BCUT2D eigenvalue weighted by molar-refractivity contribution is 7.92. The second kappa shape index (κ2) is 13.1. The van der Waals surface area contributed by atoms with Crippen LogP contribution in [0, 0.1) is 6.92 Å². The molecule has 0 aromatic heterocycles. The molecule has 0 radical (unpaired) electrons. The van der Waals surface area contributed by atoms with Crippen molar-refractivity contribution in [1.82, 2.24) is 10.2 Å². The van der Waals surface area contributed by atoms with Gasteiger partial charge >= 0.3 is 0 Å². The van der Waals surface area contributed by atoms with Gasteiger partial charge in [-0.05, 0) is 57.0 Å². The number of hydrogen-bond donors (Lipinski definition) is 1. The van der Waals surface area contributed by atoms with E-state index in [9.17, 15) is 18.0 Å². The van der Waals surface area contributed by atoms with Gasteiger partial charge in [-0.2, -0.15) is 0 Å². The van der Waals surface area contributed by atoms with E-state index in [1.54, 1.807) is 0 Å². The number of carbonyl (C=O) groups excluding carboxylic acids is 2. The Morgan fingerprint density at radius 2 is 1.55 bits per heavy atom. The quantitative estimate of drug-likeness (QED) is 0.326. The Labute approximate surface area is 247 Å². The van der Waals surface area contributed by atoms with Crippen LogP contribution in [-0.4, -0.2) is 49.5 Å². The number of amides is 2. The third-order valence-corrected chi connectivity index (χ3v) is 7.76. The molecule has 1 N–H and O–H groups in total. The van der Waals surface area contributed by atoms with Crippen molar-refractivity contribution in [2.75, 3.05) is 17.1 Å². The molecule has 40 heavy (non-hydrogen) atoms. The second-order valence-electron chi connectivity index (χ2n) is 10.8.